The first kappa shape index (κ1) is 20.5. The molecule has 0 heterocycles. The summed E-state index contributed by atoms with van der Waals surface area (Å²) in [7, 11) is 1.50. The molecule has 5 heavy (non-hydrogen) atoms. The highest BCUT2D eigenvalue weighted by molar-refractivity contribution is 3.54. The van der Waals surface area contributed by atoms with Crippen molar-refractivity contribution in [3.05, 3.63) is 0 Å². The molecule has 0 spiro atoms. The zero-order chi connectivity index (χ0) is 4.00. The van der Waals surface area contributed by atoms with E-state index in [9.17, 15) is 0 Å². The fraction of sp³-hybridized carbons (Fsp3) is 1.00. The first-order valence-electron chi connectivity index (χ1n) is 1.58. The monoisotopic (exact) mass is 79.1 g/mol. The second-order valence-corrected chi connectivity index (χ2v) is 0. The zero-order valence-corrected chi connectivity index (χ0v) is 4.08. The van der Waals surface area contributed by atoms with Gasteiger partial charge in [-0.25, -0.2) is 0 Å². The molecular weight excluding hydrogens is 66.0 g/mol. The molecule has 2 heteroatoms. The van der Waals surface area contributed by atoms with Crippen LogP contribution < -0.4 is 5.73 Å². The molecule has 4 N–H and O–H groups in total. The lowest BCUT2D eigenvalue weighted by atomic mass is 11.0. The van der Waals surface area contributed by atoms with Gasteiger partial charge in [-0.05, 0) is 7.05 Å². The van der Waals surface area contributed by atoms with Crippen molar-refractivity contribution >= 4 is 0 Å². The van der Waals surface area contributed by atoms with E-state index in [2.05, 4.69) is 5.73 Å². The first-order valence-corrected chi connectivity index (χ1v) is 1.58. The molecule has 0 aromatic carbocycles. The van der Waals surface area contributed by atoms with E-state index in [-0.39, 0.29) is 5.48 Å². The SMILES string of the molecule is CC.CN.O. The minimum Gasteiger partial charge on any atom is -0.412 e. The molecule has 0 aromatic rings. The highest BCUT2D eigenvalue weighted by Gasteiger charge is 0.932. The van der Waals surface area contributed by atoms with E-state index in [1.165, 1.54) is 7.05 Å². The van der Waals surface area contributed by atoms with Crippen molar-refractivity contribution in [2.45, 2.75) is 13.8 Å². The second kappa shape index (κ2) is 5220. The highest BCUT2D eigenvalue weighted by Crippen LogP contribution is 1.14. The zero-order valence-electron chi connectivity index (χ0n) is 4.08. The lowest BCUT2D eigenvalue weighted by Gasteiger charge is -1.19. The smallest absolute Gasteiger partial charge is 0.0195 e. The van der Waals surface area contributed by atoms with Gasteiger partial charge < -0.3 is 11.2 Å². The summed E-state index contributed by atoms with van der Waals surface area (Å²) in [6.07, 6.45) is 0. The van der Waals surface area contributed by atoms with Gasteiger partial charge in [-0.1, -0.05) is 13.8 Å². The van der Waals surface area contributed by atoms with E-state index in [1.54, 1.807) is 0 Å². The van der Waals surface area contributed by atoms with Gasteiger partial charge in [-0.2, -0.15) is 0 Å². The minimum atomic E-state index is 0. The van der Waals surface area contributed by atoms with Crippen LogP contribution >= 0.6 is 0 Å². The molecule has 2 nitrogen and oxygen atoms in total. The molecule has 0 aliphatic carbocycles. The lowest BCUT2D eigenvalue weighted by molar-refractivity contribution is 0.824. The van der Waals surface area contributed by atoms with Gasteiger partial charge in [0.05, 0.1) is 0 Å². The van der Waals surface area contributed by atoms with Crippen molar-refractivity contribution in [1.29, 1.82) is 0 Å². The average molecular weight is 79.1 g/mol. The molecule has 0 atom stereocenters. The molecule has 0 aromatic heterocycles. The van der Waals surface area contributed by atoms with Crippen molar-refractivity contribution in [3.63, 3.8) is 0 Å². The third-order valence-electron chi connectivity index (χ3n) is 0. The molecule has 0 aliphatic heterocycles. The molecule has 0 unspecified atom stereocenters. The normalized spacial score (nSPS) is 2.40. The van der Waals surface area contributed by atoms with Gasteiger partial charge in [0.1, 0.15) is 0 Å². The molecule has 36 valence electrons. The Labute approximate surface area is 33.3 Å². The number of nitrogens with two attached hydrogens (primary N) is 1. The van der Waals surface area contributed by atoms with Crippen LogP contribution in [0.1, 0.15) is 13.8 Å². The predicted molar refractivity (Wildman–Crippen MR) is 25.1 cm³/mol. The van der Waals surface area contributed by atoms with Crippen LogP contribution in [0.15, 0.2) is 0 Å². The fourth-order valence-electron chi connectivity index (χ4n) is 0. The van der Waals surface area contributed by atoms with Gasteiger partial charge in [0, 0.05) is 0 Å². The summed E-state index contributed by atoms with van der Waals surface area (Å²) in [5, 5.41) is 0. The third kappa shape index (κ3) is 2260. The quantitative estimate of drug-likeness (QED) is 0.428. The molecule has 0 aliphatic rings. The summed E-state index contributed by atoms with van der Waals surface area (Å²) in [5.74, 6) is 0. The topological polar surface area (TPSA) is 57.5 Å². The van der Waals surface area contributed by atoms with Crippen LogP contribution in [0, 0.1) is 0 Å². The van der Waals surface area contributed by atoms with E-state index in [1.807, 2.05) is 13.8 Å². The van der Waals surface area contributed by atoms with Crippen molar-refractivity contribution in [2.24, 2.45) is 5.73 Å². The maximum atomic E-state index is 4.50. The summed E-state index contributed by atoms with van der Waals surface area (Å²) < 4.78 is 0. The van der Waals surface area contributed by atoms with Crippen LogP contribution in [0.2, 0.25) is 0 Å². The Bertz CT molecular complexity index is 6.85. The summed E-state index contributed by atoms with van der Waals surface area (Å²) >= 11 is 0. The second-order valence-electron chi connectivity index (χ2n) is 0. The van der Waals surface area contributed by atoms with E-state index in [4.69, 9.17) is 0 Å². The van der Waals surface area contributed by atoms with Crippen LogP contribution in [0.3, 0.4) is 0 Å². The van der Waals surface area contributed by atoms with Crippen LogP contribution in [-0.2, 0) is 0 Å². The van der Waals surface area contributed by atoms with Crippen molar-refractivity contribution in [1.82, 2.24) is 0 Å². The number of hydrogen-bond donors (Lipinski definition) is 1. The van der Waals surface area contributed by atoms with Gasteiger partial charge in [0.15, 0.2) is 0 Å². The predicted octanol–water partition coefficient (Wildman–Crippen LogP) is -0.224. The average Bonchev–Trinajstić information content (AvgIpc) is 1.50. The van der Waals surface area contributed by atoms with Crippen molar-refractivity contribution in [3.8, 4) is 0 Å². The minimum absolute atomic E-state index is 0. The Hall–Kier alpha value is -0.0800. The molecule has 0 amide bonds. The molecule has 0 saturated heterocycles. The fourth-order valence-corrected chi connectivity index (χ4v) is 0. The Balaban J connectivity index is -0.0000000133. The van der Waals surface area contributed by atoms with E-state index < -0.39 is 0 Å². The molecule has 0 bridgehead atoms. The Morgan fingerprint density at radius 3 is 1.00 bits per heavy atom. The van der Waals surface area contributed by atoms with E-state index in [0.717, 1.165) is 0 Å². The summed E-state index contributed by atoms with van der Waals surface area (Å²) in [4.78, 5) is 0. The van der Waals surface area contributed by atoms with Crippen molar-refractivity contribution < 1.29 is 5.48 Å². The van der Waals surface area contributed by atoms with Gasteiger partial charge >= 0.3 is 0 Å². The molecule has 0 fully saturated rings. The van der Waals surface area contributed by atoms with Gasteiger partial charge in [0.25, 0.3) is 0 Å². The number of rotatable bonds is 0. The van der Waals surface area contributed by atoms with Gasteiger partial charge in [-0.15, -0.1) is 0 Å². The first-order chi connectivity index (χ1) is 2.00. The standard InChI is InChI=1S/C2H6.CH5N.H2O/c2*1-2;/h1-2H3;2H2,1H3;1H2. The van der Waals surface area contributed by atoms with Gasteiger partial charge in [0.2, 0.25) is 0 Å². The largest absolute Gasteiger partial charge is 0.412 e. The van der Waals surface area contributed by atoms with Crippen LogP contribution in [-0.4, -0.2) is 12.5 Å². The Kier molecular flexibility index (Phi) is 21400. The lowest BCUT2D eigenvalue weighted by Crippen LogP contribution is -1.69. The van der Waals surface area contributed by atoms with E-state index >= 15 is 0 Å². The summed E-state index contributed by atoms with van der Waals surface area (Å²) in [6, 6.07) is 0. The van der Waals surface area contributed by atoms with E-state index in [0.29, 0.717) is 0 Å². The van der Waals surface area contributed by atoms with Crippen molar-refractivity contribution in [2.75, 3.05) is 7.05 Å². The number of hydrogen-bond acceptors (Lipinski definition) is 1. The van der Waals surface area contributed by atoms with Crippen LogP contribution in [0.4, 0.5) is 0 Å². The van der Waals surface area contributed by atoms with Crippen LogP contribution in [0.5, 0.6) is 0 Å². The highest BCUT2D eigenvalue weighted by atomic mass is 16.0. The molecule has 0 saturated carbocycles. The molecular formula is C3H13NO. The Morgan fingerprint density at radius 1 is 1.00 bits per heavy atom. The maximum absolute atomic E-state index is 4.50. The summed E-state index contributed by atoms with van der Waals surface area (Å²) in [6.45, 7) is 4.00. The van der Waals surface area contributed by atoms with Crippen LogP contribution in [0.25, 0.3) is 0 Å². The summed E-state index contributed by atoms with van der Waals surface area (Å²) in [5.41, 5.74) is 4.50. The third-order valence-corrected chi connectivity index (χ3v) is 0. The maximum Gasteiger partial charge on any atom is -0.0195 e. The molecule has 0 radical (unpaired) electrons. The Morgan fingerprint density at radius 2 is 1.00 bits per heavy atom. The molecule has 0 rings (SSSR count). The van der Waals surface area contributed by atoms with Gasteiger partial charge in [-0.3, -0.25) is 0 Å².